The maximum Gasteiger partial charge on any atom is 0.336 e. The second-order valence-corrected chi connectivity index (χ2v) is 4.76. The van der Waals surface area contributed by atoms with Gasteiger partial charge in [-0.2, -0.15) is 0 Å². The van der Waals surface area contributed by atoms with Crippen LogP contribution in [0.4, 0.5) is 0 Å². The van der Waals surface area contributed by atoms with E-state index >= 15 is 0 Å². The van der Waals surface area contributed by atoms with E-state index < -0.39 is 24.1 Å². The molecule has 2 atom stereocenters. The third-order valence-corrected chi connectivity index (χ3v) is 3.49. The van der Waals surface area contributed by atoms with E-state index in [1.165, 1.54) is 12.1 Å². The Morgan fingerprint density at radius 3 is 1.52 bits per heavy atom. The van der Waals surface area contributed by atoms with Crippen LogP contribution in [-0.4, -0.2) is 22.2 Å². The second-order valence-electron chi connectivity index (χ2n) is 4.76. The monoisotopic (exact) mass is 284 g/mol. The molecule has 1 aliphatic rings. The summed E-state index contributed by atoms with van der Waals surface area (Å²) < 4.78 is 5.54. The molecule has 1 fully saturated rings. The Labute approximate surface area is 120 Å². The number of hydrogen-bond acceptors (Lipinski definition) is 3. The van der Waals surface area contributed by atoms with E-state index in [0.717, 1.165) is 0 Å². The van der Waals surface area contributed by atoms with Crippen molar-refractivity contribution in [3.05, 3.63) is 70.8 Å². The molecule has 0 bridgehead atoms. The number of hydrogen-bond donors (Lipinski definition) is 2. The normalized spacial score (nSPS) is 20.0. The predicted molar refractivity (Wildman–Crippen MR) is 73.4 cm³/mol. The zero-order valence-electron chi connectivity index (χ0n) is 10.9. The molecule has 1 heterocycles. The van der Waals surface area contributed by atoms with Gasteiger partial charge in [0.15, 0.2) is 0 Å². The van der Waals surface area contributed by atoms with Crippen LogP contribution < -0.4 is 0 Å². The summed E-state index contributed by atoms with van der Waals surface area (Å²) in [5.74, 6) is -2.04. The quantitative estimate of drug-likeness (QED) is 0.843. The molecule has 5 heteroatoms. The molecule has 2 aromatic carbocycles. The third kappa shape index (κ3) is 2.39. The fourth-order valence-electron chi connectivity index (χ4n) is 2.47. The number of carboxylic acid groups (broad SMARTS) is 2. The first kappa shape index (κ1) is 13.3. The van der Waals surface area contributed by atoms with Crippen LogP contribution in [0.3, 0.4) is 0 Å². The Morgan fingerprint density at radius 1 is 0.762 bits per heavy atom. The molecule has 106 valence electrons. The summed E-state index contributed by atoms with van der Waals surface area (Å²) in [6, 6.07) is 13.2. The maximum absolute atomic E-state index is 11.2. The van der Waals surface area contributed by atoms with Crippen molar-refractivity contribution in [2.75, 3.05) is 0 Å². The van der Waals surface area contributed by atoms with Crippen LogP contribution in [-0.2, 0) is 4.74 Å². The van der Waals surface area contributed by atoms with Crippen molar-refractivity contribution in [3.63, 3.8) is 0 Å². The molecule has 0 amide bonds. The Kier molecular flexibility index (Phi) is 3.19. The highest BCUT2D eigenvalue weighted by Gasteiger charge is 2.44. The highest BCUT2D eigenvalue weighted by Crippen LogP contribution is 2.52. The molecule has 21 heavy (non-hydrogen) atoms. The van der Waals surface area contributed by atoms with Crippen LogP contribution in [0, 0.1) is 0 Å². The lowest BCUT2D eigenvalue weighted by Gasteiger charge is -2.04. The van der Waals surface area contributed by atoms with Gasteiger partial charge in [0.25, 0.3) is 0 Å². The molecule has 1 aliphatic heterocycles. The van der Waals surface area contributed by atoms with E-state index in [9.17, 15) is 19.8 Å². The Hall–Kier alpha value is -2.66. The lowest BCUT2D eigenvalue weighted by Crippen LogP contribution is -2.03. The predicted octanol–water partition coefficient (Wildman–Crippen LogP) is 2.90. The van der Waals surface area contributed by atoms with Crippen LogP contribution in [0.2, 0.25) is 0 Å². The minimum absolute atomic E-state index is 0.179. The molecule has 2 unspecified atom stereocenters. The summed E-state index contributed by atoms with van der Waals surface area (Å²) >= 11 is 0. The van der Waals surface area contributed by atoms with Crippen molar-refractivity contribution in [1.29, 1.82) is 0 Å². The van der Waals surface area contributed by atoms with Gasteiger partial charge in [-0.25, -0.2) is 9.59 Å². The number of epoxide rings is 1. The van der Waals surface area contributed by atoms with Crippen LogP contribution in [0.15, 0.2) is 48.5 Å². The number of ether oxygens (including phenoxy) is 1. The SMILES string of the molecule is O=C(O)c1ccccc1C1OC1c1ccccc1C(=O)O. The average Bonchev–Trinajstić information content (AvgIpc) is 3.27. The third-order valence-electron chi connectivity index (χ3n) is 3.49. The Bertz CT molecular complexity index is 661. The van der Waals surface area contributed by atoms with Crippen molar-refractivity contribution in [1.82, 2.24) is 0 Å². The average molecular weight is 284 g/mol. The van der Waals surface area contributed by atoms with Gasteiger partial charge in [0.1, 0.15) is 12.2 Å². The first-order valence-electron chi connectivity index (χ1n) is 6.39. The number of carbonyl (C=O) groups is 2. The second kappa shape index (κ2) is 5.03. The standard InChI is InChI=1S/C16H12O5/c17-15(18)11-7-3-1-5-9(11)13-14(21-13)10-6-2-4-8-12(10)16(19)20/h1-8,13-14H,(H,17,18)(H,19,20). The summed E-state index contributed by atoms with van der Waals surface area (Å²) in [4.78, 5) is 22.4. The lowest BCUT2D eigenvalue weighted by atomic mass is 9.97. The molecule has 0 saturated carbocycles. The van der Waals surface area contributed by atoms with Crippen molar-refractivity contribution in [3.8, 4) is 0 Å². The summed E-state index contributed by atoms with van der Waals surface area (Å²) in [6.07, 6.45) is -0.837. The largest absolute Gasteiger partial charge is 0.478 e. The molecule has 5 nitrogen and oxygen atoms in total. The Morgan fingerprint density at radius 2 is 1.14 bits per heavy atom. The van der Waals surface area contributed by atoms with E-state index in [1.54, 1.807) is 36.4 Å². The van der Waals surface area contributed by atoms with Crippen molar-refractivity contribution >= 4 is 11.9 Å². The van der Waals surface area contributed by atoms with Crippen molar-refractivity contribution in [2.45, 2.75) is 12.2 Å². The minimum Gasteiger partial charge on any atom is -0.478 e. The molecule has 3 rings (SSSR count). The number of rotatable bonds is 4. The molecule has 0 aromatic heterocycles. The van der Waals surface area contributed by atoms with Gasteiger partial charge in [-0.1, -0.05) is 36.4 Å². The van der Waals surface area contributed by atoms with Crippen LogP contribution in [0.5, 0.6) is 0 Å². The molecule has 0 aliphatic carbocycles. The number of aromatic carboxylic acids is 2. The fraction of sp³-hybridized carbons (Fsp3) is 0.125. The summed E-state index contributed by atoms with van der Waals surface area (Å²) in [5.41, 5.74) is 1.49. The van der Waals surface area contributed by atoms with E-state index in [-0.39, 0.29) is 11.1 Å². The molecule has 2 aromatic rings. The highest BCUT2D eigenvalue weighted by atomic mass is 16.6. The smallest absolute Gasteiger partial charge is 0.336 e. The minimum atomic E-state index is -1.02. The van der Waals surface area contributed by atoms with E-state index in [4.69, 9.17) is 4.74 Å². The Balaban J connectivity index is 1.95. The first-order chi connectivity index (χ1) is 10.1. The van der Waals surface area contributed by atoms with Gasteiger partial charge in [0.05, 0.1) is 11.1 Å². The summed E-state index contributed by atoms with van der Waals surface area (Å²) in [7, 11) is 0. The van der Waals surface area contributed by atoms with E-state index in [0.29, 0.717) is 11.1 Å². The highest BCUT2D eigenvalue weighted by molar-refractivity contribution is 5.91. The van der Waals surface area contributed by atoms with E-state index in [1.807, 2.05) is 0 Å². The van der Waals surface area contributed by atoms with Gasteiger partial charge in [0, 0.05) is 0 Å². The zero-order chi connectivity index (χ0) is 15.0. The van der Waals surface area contributed by atoms with Gasteiger partial charge in [0.2, 0.25) is 0 Å². The van der Waals surface area contributed by atoms with Crippen LogP contribution in [0.25, 0.3) is 0 Å². The van der Waals surface area contributed by atoms with Gasteiger partial charge < -0.3 is 14.9 Å². The molecule has 2 N–H and O–H groups in total. The molecular formula is C16H12O5. The van der Waals surface area contributed by atoms with E-state index in [2.05, 4.69) is 0 Å². The first-order valence-corrected chi connectivity index (χ1v) is 6.39. The fourth-order valence-corrected chi connectivity index (χ4v) is 2.47. The molecule has 1 saturated heterocycles. The van der Waals surface area contributed by atoms with Crippen molar-refractivity contribution in [2.24, 2.45) is 0 Å². The number of benzene rings is 2. The molecule has 0 radical (unpaired) electrons. The molecular weight excluding hydrogens is 272 g/mol. The zero-order valence-corrected chi connectivity index (χ0v) is 10.9. The van der Waals surface area contributed by atoms with Crippen molar-refractivity contribution < 1.29 is 24.5 Å². The van der Waals surface area contributed by atoms with Gasteiger partial charge in [-0.15, -0.1) is 0 Å². The van der Waals surface area contributed by atoms with Crippen LogP contribution in [0.1, 0.15) is 44.1 Å². The van der Waals surface area contributed by atoms with Crippen LogP contribution >= 0.6 is 0 Å². The maximum atomic E-state index is 11.2. The van der Waals surface area contributed by atoms with Gasteiger partial charge in [-0.05, 0) is 23.3 Å². The lowest BCUT2D eigenvalue weighted by molar-refractivity contribution is 0.0684. The topological polar surface area (TPSA) is 87.1 Å². The number of carboxylic acids is 2. The summed E-state index contributed by atoms with van der Waals surface area (Å²) in [5, 5.41) is 18.4. The molecule has 0 spiro atoms. The van der Waals surface area contributed by atoms with Gasteiger partial charge in [-0.3, -0.25) is 0 Å². The van der Waals surface area contributed by atoms with Gasteiger partial charge >= 0.3 is 11.9 Å². The summed E-state index contributed by atoms with van der Waals surface area (Å²) in [6.45, 7) is 0.